The molecule has 0 aliphatic rings. The van der Waals surface area contributed by atoms with Gasteiger partial charge in [-0.05, 0) is 21.5 Å². The molecule has 3 heteroatoms. The number of hydrogen-bond acceptors (Lipinski definition) is 1. The zero-order chi connectivity index (χ0) is 6.97. The quantitative estimate of drug-likeness (QED) is 0.522. The first-order valence-electron chi connectivity index (χ1n) is 3.05. The van der Waals surface area contributed by atoms with Crippen LogP contribution in [0.25, 0.3) is 11.0 Å². The number of imidazole rings is 1. The van der Waals surface area contributed by atoms with Crippen molar-refractivity contribution in [1.29, 1.82) is 0 Å². The van der Waals surface area contributed by atoms with Gasteiger partial charge in [-0.3, -0.25) is 0 Å². The number of nitrogens with zero attached hydrogens (tertiary/aromatic N) is 2. The molecule has 1 atom stereocenters. The van der Waals surface area contributed by atoms with Crippen LogP contribution in [0.5, 0.6) is 0 Å². The lowest BCUT2D eigenvalue weighted by Gasteiger charge is -1.89. The highest BCUT2D eigenvalue weighted by molar-refractivity contribution is 7.14. The molecule has 2 aromatic rings. The Bertz CT molecular complexity index is 353. The number of rotatable bonds is 0. The van der Waals surface area contributed by atoms with Gasteiger partial charge in [0.25, 0.3) is 0 Å². The summed E-state index contributed by atoms with van der Waals surface area (Å²) < 4.78 is 1.93. The van der Waals surface area contributed by atoms with E-state index in [2.05, 4.69) is 14.4 Å². The van der Waals surface area contributed by atoms with Crippen molar-refractivity contribution in [2.24, 2.45) is 0 Å². The highest BCUT2D eigenvalue weighted by Crippen LogP contribution is 2.12. The Morgan fingerprint density at radius 2 is 2.10 bits per heavy atom. The molecule has 0 amide bonds. The van der Waals surface area contributed by atoms with Gasteiger partial charge in [0, 0.05) is 0 Å². The van der Waals surface area contributed by atoms with E-state index >= 15 is 0 Å². The topological polar surface area (TPSA) is 17.8 Å². The van der Waals surface area contributed by atoms with E-state index in [-0.39, 0.29) is 0 Å². The first-order valence-corrected chi connectivity index (χ1v) is 3.57. The van der Waals surface area contributed by atoms with Gasteiger partial charge in [0.15, 0.2) is 0 Å². The summed E-state index contributed by atoms with van der Waals surface area (Å²) in [5.74, 6) is 0. The van der Waals surface area contributed by atoms with Crippen molar-refractivity contribution in [2.45, 2.75) is 0 Å². The van der Waals surface area contributed by atoms with Crippen LogP contribution in [0, 0.1) is 0 Å². The predicted molar refractivity (Wildman–Crippen MR) is 44.8 cm³/mol. The summed E-state index contributed by atoms with van der Waals surface area (Å²) in [5.41, 5.74) is 2.19. The third-order valence-corrected chi connectivity index (χ3v) is 1.89. The van der Waals surface area contributed by atoms with Crippen LogP contribution in [-0.2, 0) is 0 Å². The molecule has 10 heavy (non-hydrogen) atoms. The molecule has 0 aliphatic carbocycles. The molecular formula is C7H7N2P. The fourth-order valence-electron chi connectivity index (χ4n) is 0.978. The highest BCUT2D eigenvalue weighted by atomic mass is 31.0. The normalized spacial score (nSPS) is 10.5. The van der Waals surface area contributed by atoms with Crippen LogP contribution in [0.15, 0.2) is 30.6 Å². The molecule has 0 aliphatic heterocycles. The van der Waals surface area contributed by atoms with Gasteiger partial charge in [-0.1, -0.05) is 12.1 Å². The standard InChI is InChI=1S/C7H7N2P/c10-9-5-8-6-3-1-2-4-7(6)9/h1-5H,10H2. The molecule has 0 radical (unpaired) electrons. The number of aromatic nitrogens is 2. The van der Waals surface area contributed by atoms with Crippen LogP contribution in [0.3, 0.4) is 0 Å². The molecule has 2 rings (SSSR count). The predicted octanol–water partition coefficient (Wildman–Crippen LogP) is 1.67. The lowest BCUT2D eigenvalue weighted by Crippen LogP contribution is -1.71. The molecule has 0 spiro atoms. The van der Waals surface area contributed by atoms with Gasteiger partial charge >= 0.3 is 0 Å². The zero-order valence-corrected chi connectivity index (χ0v) is 6.51. The maximum Gasteiger partial charge on any atom is 0.0987 e. The lowest BCUT2D eigenvalue weighted by atomic mass is 10.3. The smallest absolute Gasteiger partial charge is 0.0987 e. The fourth-order valence-corrected chi connectivity index (χ4v) is 1.26. The molecule has 1 aromatic heterocycles. The summed E-state index contributed by atoms with van der Waals surface area (Å²) in [7, 11) is 2.58. The van der Waals surface area contributed by atoms with Crippen LogP contribution in [0.4, 0.5) is 0 Å². The molecule has 0 bridgehead atoms. The molecule has 0 saturated heterocycles. The summed E-state index contributed by atoms with van der Waals surface area (Å²) in [6.45, 7) is 0. The number of para-hydroxylation sites is 2. The Hall–Kier alpha value is -0.880. The highest BCUT2D eigenvalue weighted by Gasteiger charge is 1.94. The third-order valence-electron chi connectivity index (χ3n) is 1.48. The fraction of sp³-hybridized carbons (Fsp3) is 0. The molecule has 1 heterocycles. The Balaban J connectivity index is 2.93. The van der Waals surface area contributed by atoms with Crippen LogP contribution in [0.2, 0.25) is 0 Å². The molecule has 50 valence electrons. The van der Waals surface area contributed by atoms with Gasteiger partial charge in [-0.25, -0.2) is 4.98 Å². The summed E-state index contributed by atoms with van der Waals surface area (Å²) >= 11 is 0. The van der Waals surface area contributed by atoms with Gasteiger partial charge in [-0.15, -0.1) is 0 Å². The summed E-state index contributed by atoms with van der Waals surface area (Å²) in [6, 6.07) is 8.02. The summed E-state index contributed by atoms with van der Waals surface area (Å²) in [4.78, 5) is 4.16. The largest absolute Gasteiger partial charge is 0.315 e. The monoisotopic (exact) mass is 150 g/mol. The van der Waals surface area contributed by atoms with Crippen LogP contribution in [0.1, 0.15) is 0 Å². The molecule has 0 saturated carbocycles. The van der Waals surface area contributed by atoms with Crippen LogP contribution >= 0.6 is 9.39 Å². The SMILES string of the molecule is Pn1cnc2ccccc21. The zero-order valence-electron chi connectivity index (χ0n) is 5.36. The van der Waals surface area contributed by atoms with Crippen molar-refractivity contribution in [3.8, 4) is 0 Å². The van der Waals surface area contributed by atoms with E-state index in [1.807, 2.05) is 28.6 Å². The third kappa shape index (κ3) is 0.729. The molecule has 2 nitrogen and oxygen atoms in total. The van der Waals surface area contributed by atoms with E-state index in [1.54, 1.807) is 6.33 Å². The van der Waals surface area contributed by atoms with Crippen LogP contribution < -0.4 is 0 Å². The van der Waals surface area contributed by atoms with Crippen molar-refractivity contribution < 1.29 is 0 Å². The second kappa shape index (κ2) is 2.06. The molecular weight excluding hydrogens is 143 g/mol. The number of hydrogen-bond donors (Lipinski definition) is 0. The average molecular weight is 150 g/mol. The first-order chi connectivity index (χ1) is 4.88. The minimum Gasteiger partial charge on any atom is -0.315 e. The van der Waals surface area contributed by atoms with E-state index in [4.69, 9.17) is 0 Å². The Morgan fingerprint density at radius 1 is 1.30 bits per heavy atom. The van der Waals surface area contributed by atoms with Gasteiger partial charge in [0.1, 0.15) is 0 Å². The van der Waals surface area contributed by atoms with E-state index in [0.717, 1.165) is 11.0 Å². The van der Waals surface area contributed by atoms with Gasteiger partial charge in [0.2, 0.25) is 0 Å². The summed E-state index contributed by atoms with van der Waals surface area (Å²) in [6.07, 6.45) is 1.79. The molecule has 1 aromatic carbocycles. The minimum atomic E-state index is 1.04. The molecule has 0 N–H and O–H groups in total. The van der Waals surface area contributed by atoms with Crippen molar-refractivity contribution in [2.75, 3.05) is 0 Å². The van der Waals surface area contributed by atoms with E-state index in [0.29, 0.717) is 0 Å². The van der Waals surface area contributed by atoms with Gasteiger partial charge in [-0.2, -0.15) is 0 Å². The van der Waals surface area contributed by atoms with Crippen molar-refractivity contribution in [1.82, 2.24) is 9.32 Å². The lowest BCUT2D eigenvalue weighted by molar-refractivity contribution is 1.27. The van der Waals surface area contributed by atoms with E-state index < -0.39 is 0 Å². The Kier molecular flexibility index (Phi) is 1.21. The maximum atomic E-state index is 4.16. The van der Waals surface area contributed by atoms with Gasteiger partial charge in [0.05, 0.1) is 17.4 Å². The first kappa shape index (κ1) is 5.87. The minimum absolute atomic E-state index is 1.04. The van der Waals surface area contributed by atoms with Crippen molar-refractivity contribution in [3.63, 3.8) is 0 Å². The second-order valence-corrected chi connectivity index (χ2v) is 2.70. The van der Waals surface area contributed by atoms with Crippen LogP contribution in [-0.4, -0.2) is 9.32 Å². The Morgan fingerprint density at radius 3 is 2.90 bits per heavy atom. The summed E-state index contributed by atoms with van der Waals surface area (Å²) in [5, 5.41) is 0. The van der Waals surface area contributed by atoms with Gasteiger partial charge < -0.3 is 4.34 Å². The van der Waals surface area contributed by atoms with E-state index in [9.17, 15) is 0 Å². The second-order valence-electron chi connectivity index (χ2n) is 2.14. The average Bonchev–Trinajstić information content (AvgIpc) is 2.34. The van der Waals surface area contributed by atoms with Crippen molar-refractivity contribution >= 4 is 20.4 Å². The van der Waals surface area contributed by atoms with E-state index in [1.165, 1.54) is 0 Å². The number of fused-ring (bicyclic) bond motifs is 1. The Labute approximate surface area is 61.1 Å². The number of benzene rings is 1. The molecule has 0 fully saturated rings. The van der Waals surface area contributed by atoms with Crippen molar-refractivity contribution in [3.05, 3.63) is 30.6 Å². The maximum absolute atomic E-state index is 4.16. The molecule has 1 unspecified atom stereocenters.